The largest absolute Gasteiger partial charge is 0.383 e. The molecular weight excluding hydrogens is 250 g/mol. The second-order valence-corrected chi connectivity index (χ2v) is 6.41. The Balaban J connectivity index is 1.94. The van der Waals surface area contributed by atoms with Crippen LogP contribution in [0.25, 0.3) is 0 Å². The van der Waals surface area contributed by atoms with Gasteiger partial charge in [-0.1, -0.05) is 25.7 Å². The zero-order chi connectivity index (χ0) is 14.3. The summed E-state index contributed by atoms with van der Waals surface area (Å²) in [5, 5.41) is 3.43. The monoisotopic (exact) mass is 281 g/mol. The quantitative estimate of drug-likeness (QED) is 0.491. The van der Waals surface area contributed by atoms with E-state index in [2.05, 4.69) is 15.2 Å². The molecule has 0 aromatic heterocycles. The molecule has 0 aromatic rings. The van der Waals surface area contributed by atoms with E-state index >= 15 is 0 Å². The highest BCUT2D eigenvalue weighted by Crippen LogP contribution is 2.42. The molecule has 4 nitrogen and oxygen atoms in total. The van der Waals surface area contributed by atoms with Gasteiger partial charge in [0.25, 0.3) is 0 Å². The van der Waals surface area contributed by atoms with Gasteiger partial charge in [0.1, 0.15) is 0 Å². The van der Waals surface area contributed by atoms with Crippen LogP contribution >= 0.6 is 0 Å². The van der Waals surface area contributed by atoms with Gasteiger partial charge in [0.05, 0.1) is 6.61 Å². The summed E-state index contributed by atoms with van der Waals surface area (Å²) in [7, 11) is 3.63. The highest BCUT2D eigenvalue weighted by Gasteiger charge is 2.36. The lowest BCUT2D eigenvalue weighted by molar-refractivity contribution is 0.115. The van der Waals surface area contributed by atoms with Crippen LogP contribution in [0.3, 0.4) is 0 Å². The number of likely N-dealkylation sites (tertiary alicyclic amines) is 1. The van der Waals surface area contributed by atoms with Gasteiger partial charge in [-0.15, -0.1) is 0 Å². The number of guanidine groups is 1. The van der Waals surface area contributed by atoms with Gasteiger partial charge >= 0.3 is 0 Å². The summed E-state index contributed by atoms with van der Waals surface area (Å²) in [5.41, 5.74) is 0.563. The smallest absolute Gasteiger partial charge is 0.193 e. The topological polar surface area (TPSA) is 36.9 Å². The van der Waals surface area contributed by atoms with Gasteiger partial charge in [-0.2, -0.15) is 0 Å². The van der Waals surface area contributed by atoms with Crippen LogP contribution in [-0.4, -0.2) is 51.3 Å². The number of rotatable bonds is 3. The van der Waals surface area contributed by atoms with E-state index in [0.29, 0.717) is 5.41 Å². The molecule has 4 heteroatoms. The van der Waals surface area contributed by atoms with E-state index in [1.807, 2.05) is 7.05 Å². The summed E-state index contributed by atoms with van der Waals surface area (Å²) < 4.78 is 5.11. The van der Waals surface area contributed by atoms with Gasteiger partial charge in [-0.25, -0.2) is 0 Å². The van der Waals surface area contributed by atoms with Crippen LogP contribution < -0.4 is 5.32 Å². The van der Waals surface area contributed by atoms with E-state index in [1.165, 1.54) is 57.9 Å². The van der Waals surface area contributed by atoms with Crippen molar-refractivity contribution >= 4 is 5.96 Å². The molecule has 1 aliphatic carbocycles. The lowest BCUT2D eigenvalue weighted by Crippen LogP contribution is -2.51. The molecule has 1 spiro atoms. The molecule has 2 fully saturated rings. The van der Waals surface area contributed by atoms with Crippen molar-refractivity contribution in [2.75, 3.05) is 40.4 Å². The van der Waals surface area contributed by atoms with Crippen molar-refractivity contribution in [3.05, 3.63) is 0 Å². The predicted molar refractivity (Wildman–Crippen MR) is 84.2 cm³/mol. The Morgan fingerprint density at radius 3 is 2.50 bits per heavy atom. The van der Waals surface area contributed by atoms with Crippen molar-refractivity contribution < 1.29 is 4.74 Å². The molecule has 0 amide bonds. The first-order valence-electron chi connectivity index (χ1n) is 8.24. The fourth-order valence-electron chi connectivity index (χ4n) is 3.87. The molecule has 116 valence electrons. The molecule has 1 saturated carbocycles. The molecule has 0 radical (unpaired) electrons. The van der Waals surface area contributed by atoms with E-state index in [0.717, 1.165) is 25.7 Å². The zero-order valence-corrected chi connectivity index (χ0v) is 13.3. The van der Waals surface area contributed by atoms with E-state index in [1.54, 1.807) is 7.11 Å². The van der Waals surface area contributed by atoms with Crippen LogP contribution in [0, 0.1) is 5.41 Å². The summed E-state index contributed by atoms with van der Waals surface area (Å²) in [6, 6.07) is 0. The summed E-state index contributed by atoms with van der Waals surface area (Å²) >= 11 is 0. The van der Waals surface area contributed by atoms with Gasteiger partial charge in [0.15, 0.2) is 5.96 Å². The number of ether oxygens (including phenoxy) is 1. The molecule has 1 aliphatic heterocycles. The summed E-state index contributed by atoms with van der Waals surface area (Å²) in [6.07, 6.45) is 11.3. The molecule has 0 atom stereocenters. The van der Waals surface area contributed by atoms with Crippen molar-refractivity contribution in [3.63, 3.8) is 0 Å². The van der Waals surface area contributed by atoms with Crippen LogP contribution in [0.1, 0.15) is 51.4 Å². The molecular formula is C16H31N3O. The Hall–Kier alpha value is -0.770. The Bertz CT molecular complexity index is 309. The van der Waals surface area contributed by atoms with Crippen molar-refractivity contribution in [1.82, 2.24) is 10.2 Å². The third kappa shape index (κ3) is 4.11. The van der Waals surface area contributed by atoms with Crippen molar-refractivity contribution in [2.45, 2.75) is 51.4 Å². The maximum absolute atomic E-state index is 5.11. The number of hydrogen-bond donors (Lipinski definition) is 1. The number of methoxy groups -OCH3 is 1. The fourth-order valence-corrected chi connectivity index (χ4v) is 3.87. The molecule has 2 rings (SSSR count). The summed E-state index contributed by atoms with van der Waals surface area (Å²) in [5.74, 6) is 1.06. The average Bonchev–Trinajstić information content (AvgIpc) is 2.69. The number of nitrogens with zero attached hydrogens (tertiary/aromatic N) is 2. The van der Waals surface area contributed by atoms with E-state index in [9.17, 15) is 0 Å². The minimum atomic E-state index is 0.563. The number of aliphatic imine (C=N–C) groups is 1. The highest BCUT2D eigenvalue weighted by atomic mass is 16.5. The Morgan fingerprint density at radius 1 is 1.15 bits per heavy atom. The molecule has 0 unspecified atom stereocenters. The van der Waals surface area contributed by atoms with Gasteiger partial charge in [-0.3, -0.25) is 4.99 Å². The number of piperidine rings is 1. The molecule has 20 heavy (non-hydrogen) atoms. The van der Waals surface area contributed by atoms with E-state index in [4.69, 9.17) is 4.74 Å². The normalized spacial score (nSPS) is 23.7. The second kappa shape index (κ2) is 7.87. The lowest BCUT2D eigenvalue weighted by Gasteiger charge is -2.44. The van der Waals surface area contributed by atoms with Gasteiger partial charge in [0.2, 0.25) is 0 Å². The van der Waals surface area contributed by atoms with Crippen molar-refractivity contribution in [2.24, 2.45) is 10.4 Å². The third-order valence-corrected chi connectivity index (χ3v) is 4.93. The SMILES string of the molecule is CN=C(NCCOC)N1CCCC2(CCCCCC2)C1. The van der Waals surface area contributed by atoms with Crippen molar-refractivity contribution in [3.8, 4) is 0 Å². The lowest BCUT2D eigenvalue weighted by atomic mass is 9.74. The first-order chi connectivity index (χ1) is 9.79. The molecule has 0 bridgehead atoms. The second-order valence-electron chi connectivity index (χ2n) is 6.41. The highest BCUT2D eigenvalue weighted by molar-refractivity contribution is 5.80. The fraction of sp³-hybridized carbons (Fsp3) is 0.938. The number of hydrogen-bond acceptors (Lipinski definition) is 2. The van der Waals surface area contributed by atoms with Crippen LogP contribution in [0.4, 0.5) is 0 Å². The minimum absolute atomic E-state index is 0.563. The molecule has 1 heterocycles. The van der Waals surface area contributed by atoms with Crippen LogP contribution in [0.5, 0.6) is 0 Å². The molecule has 2 aliphatic rings. The minimum Gasteiger partial charge on any atom is -0.383 e. The van der Waals surface area contributed by atoms with Gasteiger partial charge < -0.3 is 15.0 Å². The average molecular weight is 281 g/mol. The molecule has 1 saturated heterocycles. The summed E-state index contributed by atoms with van der Waals surface area (Å²) in [6.45, 7) is 3.92. The van der Waals surface area contributed by atoms with Crippen LogP contribution in [0.2, 0.25) is 0 Å². The third-order valence-electron chi connectivity index (χ3n) is 4.93. The van der Waals surface area contributed by atoms with Crippen LogP contribution in [-0.2, 0) is 4.74 Å². The predicted octanol–water partition coefficient (Wildman–Crippen LogP) is 2.64. The van der Waals surface area contributed by atoms with Gasteiger partial charge in [-0.05, 0) is 31.1 Å². The Kier molecular flexibility index (Phi) is 6.14. The van der Waals surface area contributed by atoms with Crippen molar-refractivity contribution in [1.29, 1.82) is 0 Å². The Labute approximate surface area is 124 Å². The Morgan fingerprint density at radius 2 is 1.85 bits per heavy atom. The number of nitrogens with one attached hydrogen (secondary N) is 1. The standard InChI is InChI=1S/C16H31N3O/c1-17-15(18-11-13-20-2)19-12-7-10-16(14-19)8-5-3-4-6-9-16/h3-14H2,1-2H3,(H,17,18). The van der Waals surface area contributed by atoms with Gasteiger partial charge in [0, 0.05) is 33.8 Å². The maximum Gasteiger partial charge on any atom is 0.193 e. The summed E-state index contributed by atoms with van der Waals surface area (Å²) in [4.78, 5) is 6.94. The maximum atomic E-state index is 5.11. The molecule has 0 aromatic carbocycles. The van der Waals surface area contributed by atoms with E-state index < -0.39 is 0 Å². The molecule has 1 N–H and O–H groups in total. The first kappa shape index (κ1) is 15.6. The first-order valence-corrected chi connectivity index (χ1v) is 8.24. The zero-order valence-electron chi connectivity index (χ0n) is 13.3. The van der Waals surface area contributed by atoms with Crippen LogP contribution in [0.15, 0.2) is 4.99 Å². The van der Waals surface area contributed by atoms with E-state index in [-0.39, 0.29) is 0 Å².